The zero-order valence-corrected chi connectivity index (χ0v) is 10.7. The van der Waals surface area contributed by atoms with Crippen molar-refractivity contribution in [1.29, 1.82) is 0 Å². The molecule has 2 aliphatic rings. The zero-order chi connectivity index (χ0) is 12.6. The first-order valence-electron chi connectivity index (χ1n) is 6.46. The molecule has 4 heteroatoms. The highest BCUT2D eigenvalue weighted by molar-refractivity contribution is 5.73. The van der Waals surface area contributed by atoms with E-state index in [0.717, 1.165) is 19.5 Å². The van der Waals surface area contributed by atoms with Gasteiger partial charge in [0.05, 0.1) is 6.54 Å². The molecule has 2 unspecified atom stereocenters. The minimum Gasteiger partial charge on any atom is -0.455 e. The third-order valence-electron chi connectivity index (χ3n) is 4.17. The second-order valence-electron chi connectivity index (χ2n) is 5.20. The molecule has 0 saturated carbocycles. The molecule has 0 radical (unpaired) electrons. The average molecular weight is 245 g/mol. The summed E-state index contributed by atoms with van der Waals surface area (Å²) in [6.45, 7) is 4.92. The molecule has 2 N–H and O–H groups in total. The van der Waals surface area contributed by atoms with Crippen molar-refractivity contribution in [3.8, 4) is 0 Å². The van der Waals surface area contributed by atoms with Gasteiger partial charge in [-0.05, 0) is 12.5 Å². The molecule has 96 valence electrons. The summed E-state index contributed by atoms with van der Waals surface area (Å²) in [5.74, 6) is 0. The van der Waals surface area contributed by atoms with E-state index in [1.807, 2.05) is 6.07 Å². The highest BCUT2D eigenvalue weighted by Crippen LogP contribution is 2.35. The first kappa shape index (κ1) is 11.5. The van der Waals surface area contributed by atoms with Gasteiger partial charge in [0.25, 0.3) is 6.02 Å². The summed E-state index contributed by atoms with van der Waals surface area (Å²) in [6, 6.07) is 11.2. The fourth-order valence-electron chi connectivity index (χ4n) is 2.93. The molecule has 2 atom stereocenters. The van der Waals surface area contributed by atoms with Crippen LogP contribution in [0.4, 0.5) is 0 Å². The molecule has 0 bridgehead atoms. The van der Waals surface area contributed by atoms with Gasteiger partial charge in [0, 0.05) is 25.6 Å². The Morgan fingerprint density at radius 2 is 2.22 bits per heavy atom. The summed E-state index contributed by atoms with van der Waals surface area (Å²) < 4.78 is 5.78. The van der Waals surface area contributed by atoms with Crippen LogP contribution in [0.5, 0.6) is 0 Å². The number of rotatable bonds is 2. The average Bonchev–Trinajstić information content (AvgIpc) is 2.90. The van der Waals surface area contributed by atoms with Gasteiger partial charge in [-0.2, -0.15) is 0 Å². The van der Waals surface area contributed by atoms with Crippen LogP contribution in [0.3, 0.4) is 0 Å². The quantitative estimate of drug-likeness (QED) is 0.856. The van der Waals surface area contributed by atoms with Gasteiger partial charge in [-0.25, -0.2) is 4.99 Å². The van der Waals surface area contributed by atoms with Crippen LogP contribution >= 0.6 is 0 Å². The van der Waals surface area contributed by atoms with Gasteiger partial charge in [0.2, 0.25) is 0 Å². The minimum absolute atomic E-state index is 0.182. The van der Waals surface area contributed by atoms with Crippen LogP contribution in [0.25, 0.3) is 0 Å². The summed E-state index contributed by atoms with van der Waals surface area (Å²) in [5, 5.41) is 0. The number of hydrogen-bond donors (Lipinski definition) is 1. The molecule has 1 spiro atoms. The van der Waals surface area contributed by atoms with Crippen molar-refractivity contribution in [2.75, 3.05) is 13.1 Å². The molecule has 2 aliphatic heterocycles. The minimum atomic E-state index is -0.182. The number of nitrogens with zero attached hydrogens (tertiary/aromatic N) is 2. The van der Waals surface area contributed by atoms with Crippen molar-refractivity contribution >= 4 is 6.02 Å². The summed E-state index contributed by atoms with van der Waals surface area (Å²) in [7, 11) is 0. The SMILES string of the molecule is CC1N(Cc2ccccc2)CCC12CN=C(N)O2. The standard InChI is InChI=1S/C14H19N3O/c1-11-14(10-16-13(15)18-14)7-8-17(11)9-12-5-3-2-4-6-12/h2-6,11H,7-10H2,1H3,(H2,15,16). The van der Waals surface area contributed by atoms with Gasteiger partial charge in [-0.15, -0.1) is 0 Å². The zero-order valence-electron chi connectivity index (χ0n) is 10.7. The van der Waals surface area contributed by atoms with E-state index in [1.54, 1.807) is 0 Å². The Morgan fingerprint density at radius 1 is 1.44 bits per heavy atom. The lowest BCUT2D eigenvalue weighted by atomic mass is 9.96. The molecule has 1 aromatic rings. The van der Waals surface area contributed by atoms with Crippen molar-refractivity contribution in [2.45, 2.75) is 31.5 Å². The normalized spacial score (nSPS) is 31.6. The molecule has 4 nitrogen and oxygen atoms in total. The molecule has 0 amide bonds. The molecule has 0 aliphatic carbocycles. The molecular formula is C14H19N3O. The van der Waals surface area contributed by atoms with Crippen LogP contribution in [0.15, 0.2) is 35.3 Å². The molecule has 0 aromatic heterocycles. The van der Waals surface area contributed by atoms with Crippen molar-refractivity contribution in [3.63, 3.8) is 0 Å². The predicted molar refractivity (Wildman–Crippen MR) is 71.2 cm³/mol. The van der Waals surface area contributed by atoms with Crippen molar-refractivity contribution in [2.24, 2.45) is 10.7 Å². The molecular weight excluding hydrogens is 226 g/mol. The van der Waals surface area contributed by atoms with Gasteiger partial charge >= 0.3 is 0 Å². The highest BCUT2D eigenvalue weighted by atomic mass is 16.5. The Bertz CT molecular complexity index is 459. The van der Waals surface area contributed by atoms with Gasteiger partial charge in [-0.3, -0.25) is 4.90 Å². The third-order valence-corrected chi connectivity index (χ3v) is 4.17. The maximum Gasteiger partial charge on any atom is 0.282 e. The smallest absolute Gasteiger partial charge is 0.282 e. The first-order valence-corrected chi connectivity index (χ1v) is 6.46. The number of amidine groups is 1. The Balaban J connectivity index is 1.70. The van der Waals surface area contributed by atoms with Crippen molar-refractivity contribution < 1.29 is 4.74 Å². The van der Waals surface area contributed by atoms with Gasteiger partial charge in [0.15, 0.2) is 0 Å². The third kappa shape index (κ3) is 1.86. The van der Waals surface area contributed by atoms with E-state index in [-0.39, 0.29) is 5.60 Å². The van der Waals surface area contributed by atoms with E-state index in [2.05, 4.69) is 41.1 Å². The number of nitrogens with two attached hydrogens (primary N) is 1. The van der Waals surface area contributed by atoms with Crippen molar-refractivity contribution in [3.05, 3.63) is 35.9 Å². The molecule has 1 aromatic carbocycles. The molecule has 18 heavy (non-hydrogen) atoms. The molecule has 3 rings (SSSR count). The Labute approximate surface area is 107 Å². The number of hydrogen-bond acceptors (Lipinski definition) is 4. The van der Waals surface area contributed by atoms with Gasteiger partial charge < -0.3 is 10.5 Å². The Kier molecular flexibility index (Phi) is 2.74. The Hall–Kier alpha value is -1.55. The fraction of sp³-hybridized carbons (Fsp3) is 0.500. The van der Waals surface area contributed by atoms with Crippen LogP contribution in [0, 0.1) is 0 Å². The van der Waals surface area contributed by atoms with Gasteiger partial charge in [0.1, 0.15) is 5.60 Å². The number of aliphatic imine (C=N–C) groups is 1. The monoisotopic (exact) mass is 245 g/mol. The molecule has 1 fully saturated rings. The van der Waals surface area contributed by atoms with Crippen LogP contribution in [-0.4, -0.2) is 35.7 Å². The second kappa shape index (κ2) is 4.28. The van der Waals surface area contributed by atoms with Crippen LogP contribution in [-0.2, 0) is 11.3 Å². The lowest BCUT2D eigenvalue weighted by Gasteiger charge is -2.31. The molecule has 1 saturated heterocycles. The maximum atomic E-state index is 5.78. The van der Waals surface area contributed by atoms with E-state index in [9.17, 15) is 0 Å². The summed E-state index contributed by atoms with van der Waals surface area (Å²) in [4.78, 5) is 6.66. The van der Waals surface area contributed by atoms with E-state index < -0.39 is 0 Å². The van der Waals surface area contributed by atoms with Crippen LogP contribution in [0.1, 0.15) is 18.9 Å². The van der Waals surface area contributed by atoms with E-state index in [0.29, 0.717) is 18.6 Å². The highest BCUT2D eigenvalue weighted by Gasteiger charge is 2.49. The van der Waals surface area contributed by atoms with Crippen LogP contribution < -0.4 is 5.73 Å². The number of benzene rings is 1. The van der Waals surface area contributed by atoms with Gasteiger partial charge in [-0.1, -0.05) is 30.3 Å². The van der Waals surface area contributed by atoms with Crippen molar-refractivity contribution in [1.82, 2.24) is 4.90 Å². The van der Waals surface area contributed by atoms with Crippen LogP contribution in [0.2, 0.25) is 0 Å². The summed E-state index contributed by atoms with van der Waals surface area (Å²) in [6.07, 6.45) is 1.01. The molecule has 2 heterocycles. The van der Waals surface area contributed by atoms with E-state index >= 15 is 0 Å². The topological polar surface area (TPSA) is 50.8 Å². The predicted octanol–water partition coefficient (Wildman–Crippen LogP) is 1.36. The van der Waals surface area contributed by atoms with E-state index in [1.165, 1.54) is 5.56 Å². The summed E-state index contributed by atoms with van der Waals surface area (Å²) >= 11 is 0. The summed E-state index contributed by atoms with van der Waals surface area (Å²) in [5.41, 5.74) is 6.82. The lowest BCUT2D eigenvalue weighted by Crippen LogP contribution is -2.45. The fourth-order valence-corrected chi connectivity index (χ4v) is 2.93. The first-order chi connectivity index (χ1) is 8.70. The lowest BCUT2D eigenvalue weighted by molar-refractivity contribution is 0.0480. The second-order valence-corrected chi connectivity index (χ2v) is 5.20. The Morgan fingerprint density at radius 3 is 2.89 bits per heavy atom. The van der Waals surface area contributed by atoms with E-state index in [4.69, 9.17) is 10.5 Å². The maximum absolute atomic E-state index is 5.78. The number of likely N-dealkylation sites (tertiary alicyclic amines) is 1. The number of ether oxygens (including phenoxy) is 1. The largest absolute Gasteiger partial charge is 0.455 e.